The monoisotopic (exact) mass is 292 g/mol. The topological polar surface area (TPSA) is 49.4 Å². The van der Waals surface area contributed by atoms with Gasteiger partial charge in [-0.25, -0.2) is 0 Å². The molecule has 118 valence electrons. The number of hydrogen-bond donors (Lipinski definition) is 1. The van der Waals surface area contributed by atoms with E-state index in [0.29, 0.717) is 12.3 Å². The van der Waals surface area contributed by atoms with E-state index >= 15 is 0 Å². The summed E-state index contributed by atoms with van der Waals surface area (Å²) in [5.74, 6) is 0.607. The van der Waals surface area contributed by atoms with E-state index in [-0.39, 0.29) is 23.9 Å². The largest absolute Gasteiger partial charge is 0.351 e. The maximum Gasteiger partial charge on any atom is 0.237 e. The Morgan fingerprint density at radius 1 is 1.38 bits per heavy atom. The number of nitrogens with one attached hydrogen (secondary N) is 1. The van der Waals surface area contributed by atoms with Gasteiger partial charge in [0.1, 0.15) is 5.78 Å². The van der Waals surface area contributed by atoms with Crippen LogP contribution in [-0.4, -0.2) is 41.8 Å². The quantitative estimate of drug-likeness (QED) is 0.791. The highest BCUT2D eigenvalue weighted by Crippen LogP contribution is 2.32. The van der Waals surface area contributed by atoms with Gasteiger partial charge in [0.25, 0.3) is 0 Å². The molecule has 1 amide bonds. The van der Waals surface area contributed by atoms with Crippen molar-refractivity contribution in [1.82, 2.24) is 10.2 Å². The van der Waals surface area contributed by atoms with E-state index in [1.807, 2.05) is 6.92 Å². The first-order chi connectivity index (χ1) is 10.1. The fourth-order valence-electron chi connectivity index (χ4n) is 3.78. The summed E-state index contributed by atoms with van der Waals surface area (Å²) in [5.41, 5.74) is 0. The van der Waals surface area contributed by atoms with Crippen molar-refractivity contribution in [2.75, 3.05) is 13.1 Å². The van der Waals surface area contributed by atoms with Crippen molar-refractivity contribution in [3.63, 3.8) is 0 Å². The van der Waals surface area contributed by atoms with E-state index in [1.54, 1.807) is 6.08 Å². The molecule has 1 saturated heterocycles. The molecule has 1 aliphatic heterocycles. The Morgan fingerprint density at radius 2 is 2.14 bits per heavy atom. The molecule has 1 saturated carbocycles. The molecule has 1 aliphatic carbocycles. The van der Waals surface area contributed by atoms with Crippen LogP contribution in [0.2, 0.25) is 0 Å². The van der Waals surface area contributed by atoms with Crippen LogP contribution in [0.3, 0.4) is 0 Å². The lowest BCUT2D eigenvalue weighted by atomic mass is 9.78. The maximum absolute atomic E-state index is 12.3. The lowest BCUT2D eigenvalue weighted by Gasteiger charge is -2.43. The number of carbonyl (C=O) groups excluding carboxylic acids is 2. The normalized spacial score (nSPS) is 28.9. The minimum atomic E-state index is -0.162. The summed E-state index contributed by atoms with van der Waals surface area (Å²) in [6.45, 7) is 7.02. The van der Waals surface area contributed by atoms with Crippen LogP contribution >= 0.6 is 0 Å². The van der Waals surface area contributed by atoms with Crippen molar-refractivity contribution < 1.29 is 9.59 Å². The first-order valence-corrected chi connectivity index (χ1v) is 8.32. The van der Waals surface area contributed by atoms with Gasteiger partial charge in [-0.1, -0.05) is 18.9 Å². The molecule has 1 heterocycles. The maximum atomic E-state index is 12.3. The third kappa shape index (κ3) is 3.94. The van der Waals surface area contributed by atoms with Crippen LogP contribution in [0, 0.1) is 5.92 Å². The average molecular weight is 292 g/mol. The van der Waals surface area contributed by atoms with Gasteiger partial charge >= 0.3 is 0 Å². The Morgan fingerprint density at radius 3 is 2.86 bits per heavy atom. The lowest BCUT2D eigenvalue weighted by molar-refractivity contribution is -0.133. The predicted molar refractivity (Wildman–Crippen MR) is 84.0 cm³/mol. The van der Waals surface area contributed by atoms with E-state index in [1.165, 1.54) is 6.42 Å². The molecule has 0 spiro atoms. The summed E-state index contributed by atoms with van der Waals surface area (Å²) in [5, 5.41) is 2.88. The third-order valence-electron chi connectivity index (χ3n) is 4.96. The highest BCUT2D eigenvalue weighted by Gasteiger charge is 2.38. The molecule has 2 rings (SSSR count). The van der Waals surface area contributed by atoms with Gasteiger partial charge in [-0.15, -0.1) is 6.58 Å². The number of nitrogens with zero attached hydrogens (tertiary/aromatic N) is 1. The molecule has 0 aromatic heterocycles. The number of likely N-dealkylation sites (tertiary alicyclic amines) is 1. The van der Waals surface area contributed by atoms with Crippen molar-refractivity contribution in [1.29, 1.82) is 0 Å². The molecular weight excluding hydrogens is 264 g/mol. The van der Waals surface area contributed by atoms with E-state index in [2.05, 4.69) is 16.8 Å². The van der Waals surface area contributed by atoms with E-state index < -0.39 is 0 Å². The van der Waals surface area contributed by atoms with E-state index in [0.717, 1.165) is 45.1 Å². The second-order valence-electron chi connectivity index (χ2n) is 6.33. The molecule has 0 bridgehead atoms. The molecule has 3 unspecified atom stereocenters. The Kier molecular flexibility index (Phi) is 5.97. The summed E-state index contributed by atoms with van der Waals surface area (Å²) >= 11 is 0. The Hall–Kier alpha value is -1.16. The summed E-state index contributed by atoms with van der Waals surface area (Å²) < 4.78 is 0. The summed E-state index contributed by atoms with van der Waals surface area (Å²) in [6, 6.07) is 0.0982. The molecule has 0 aromatic rings. The average Bonchev–Trinajstić information content (AvgIpc) is 2.52. The molecule has 0 aromatic carbocycles. The second kappa shape index (κ2) is 7.74. The highest BCUT2D eigenvalue weighted by molar-refractivity contribution is 5.83. The van der Waals surface area contributed by atoms with Gasteiger partial charge in [0, 0.05) is 24.9 Å². The molecule has 2 aliphatic rings. The standard InChI is InChI=1S/C17H28N2O2/c1-3-11-18-17(21)13(2)19-12-7-6-9-15(19)14-8-4-5-10-16(14)20/h3,13-15H,1,4-12H2,2H3,(H,18,21). The van der Waals surface area contributed by atoms with Crippen LogP contribution < -0.4 is 5.32 Å². The van der Waals surface area contributed by atoms with E-state index in [4.69, 9.17) is 0 Å². The fourth-order valence-corrected chi connectivity index (χ4v) is 3.78. The van der Waals surface area contributed by atoms with Crippen LogP contribution in [0.5, 0.6) is 0 Å². The number of piperidine rings is 1. The first kappa shape index (κ1) is 16.2. The molecule has 4 nitrogen and oxygen atoms in total. The van der Waals surface area contributed by atoms with Crippen molar-refractivity contribution in [3.05, 3.63) is 12.7 Å². The molecule has 21 heavy (non-hydrogen) atoms. The number of carbonyl (C=O) groups is 2. The molecule has 0 radical (unpaired) electrons. The zero-order chi connectivity index (χ0) is 15.2. The minimum absolute atomic E-state index is 0.0464. The predicted octanol–water partition coefficient (Wildman–Crippen LogP) is 2.29. The van der Waals surface area contributed by atoms with Crippen molar-refractivity contribution in [2.24, 2.45) is 5.92 Å². The van der Waals surface area contributed by atoms with Gasteiger partial charge in [0.15, 0.2) is 0 Å². The molecule has 4 heteroatoms. The summed E-state index contributed by atoms with van der Waals surface area (Å²) in [6.07, 6.45) is 8.96. The van der Waals surface area contributed by atoms with Gasteiger partial charge in [-0.05, 0) is 39.2 Å². The third-order valence-corrected chi connectivity index (χ3v) is 4.96. The van der Waals surface area contributed by atoms with Crippen LogP contribution in [-0.2, 0) is 9.59 Å². The molecule has 3 atom stereocenters. The molecule has 2 fully saturated rings. The van der Waals surface area contributed by atoms with Gasteiger partial charge in [-0.2, -0.15) is 0 Å². The van der Waals surface area contributed by atoms with Gasteiger partial charge in [0.2, 0.25) is 5.91 Å². The Balaban J connectivity index is 2.05. The van der Waals surface area contributed by atoms with Crippen LogP contribution in [0.1, 0.15) is 51.9 Å². The van der Waals surface area contributed by atoms with Crippen LogP contribution in [0.15, 0.2) is 12.7 Å². The van der Waals surface area contributed by atoms with Crippen molar-refractivity contribution in [2.45, 2.75) is 64.0 Å². The molecular formula is C17H28N2O2. The number of rotatable bonds is 5. The Bertz CT molecular complexity index is 394. The first-order valence-electron chi connectivity index (χ1n) is 8.32. The zero-order valence-corrected chi connectivity index (χ0v) is 13.1. The number of ketones is 1. The van der Waals surface area contributed by atoms with E-state index in [9.17, 15) is 9.59 Å². The van der Waals surface area contributed by atoms with Crippen LogP contribution in [0.4, 0.5) is 0 Å². The SMILES string of the molecule is C=CCNC(=O)C(C)N1CCCCC1C1CCCCC1=O. The Labute approximate surface area is 128 Å². The van der Waals surface area contributed by atoms with Crippen LogP contribution in [0.25, 0.3) is 0 Å². The van der Waals surface area contributed by atoms with Gasteiger partial charge in [0.05, 0.1) is 6.04 Å². The fraction of sp³-hybridized carbons (Fsp3) is 0.765. The summed E-state index contributed by atoms with van der Waals surface area (Å²) in [7, 11) is 0. The summed E-state index contributed by atoms with van der Waals surface area (Å²) in [4.78, 5) is 26.8. The van der Waals surface area contributed by atoms with Crippen molar-refractivity contribution >= 4 is 11.7 Å². The second-order valence-corrected chi connectivity index (χ2v) is 6.33. The molecule has 1 N–H and O–H groups in total. The van der Waals surface area contributed by atoms with Gasteiger partial charge < -0.3 is 5.32 Å². The zero-order valence-electron chi connectivity index (χ0n) is 13.1. The number of Topliss-reactive ketones (excluding diaryl/α,β-unsaturated/α-hetero) is 1. The number of hydrogen-bond acceptors (Lipinski definition) is 3. The van der Waals surface area contributed by atoms with Gasteiger partial charge in [-0.3, -0.25) is 14.5 Å². The lowest BCUT2D eigenvalue weighted by Crippen LogP contribution is -2.55. The smallest absolute Gasteiger partial charge is 0.237 e. The van der Waals surface area contributed by atoms with Crippen molar-refractivity contribution in [3.8, 4) is 0 Å². The highest BCUT2D eigenvalue weighted by atomic mass is 16.2. The minimum Gasteiger partial charge on any atom is -0.351 e. The number of amides is 1.